The Kier molecular flexibility index (Phi) is 4.50. The molecule has 1 heterocycles. The van der Waals surface area contributed by atoms with E-state index in [1.54, 1.807) is 6.33 Å². The van der Waals surface area contributed by atoms with E-state index in [0.29, 0.717) is 6.04 Å². The lowest BCUT2D eigenvalue weighted by atomic mass is 10.2. The second-order valence-corrected chi connectivity index (χ2v) is 5.52. The molecule has 1 unspecified atom stereocenters. The van der Waals surface area contributed by atoms with Gasteiger partial charge in [-0.2, -0.15) is 9.78 Å². The van der Waals surface area contributed by atoms with Crippen molar-refractivity contribution in [2.75, 3.05) is 0 Å². The van der Waals surface area contributed by atoms with Crippen LogP contribution < -0.4 is 4.90 Å². The van der Waals surface area contributed by atoms with Gasteiger partial charge in [-0.1, -0.05) is 30.3 Å². The first-order valence-corrected chi connectivity index (χ1v) is 6.95. The molecule has 0 saturated carbocycles. The molecule has 0 amide bonds. The summed E-state index contributed by atoms with van der Waals surface area (Å²) in [7, 11) is 1.93. The highest BCUT2D eigenvalue weighted by molar-refractivity contribution is 7.71. The number of aryl methyl sites for hydroxylation is 1. The molecule has 4 nitrogen and oxygen atoms in total. The van der Waals surface area contributed by atoms with Gasteiger partial charge in [0, 0.05) is 12.6 Å². The van der Waals surface area contributed by atoms with Gasteiger partial charge in [-0.05, 0) is 26.1 Å². The summed E-state index contributed by atoms with van der Waals surface area (Å²) in [5, 5.41) is 4.33. The van der Waals surface area contributed by atoms with Crippen molar-refractivity contribution >= 4 is 12.2 Å². The van der Waals surface area contributed by atoms with Crippen LogP contribution in [-0.4, -0.2) is 20.4 Å². The highest BCUT2D eigenvalue weighted by Gasteiger charge is 2.15. The minimum atomic E-state index is 0.518. The number of rotatable bonds is 5. The van der Waals surface area contributed by atoms with Crippen LogP contribution in [0, 0.1) is 4.77 Å². The molecule has 1 aromatic heterocycles. The molecule has 102 valence electrons. The lowest BCUT2D eigenvalue weighted by Crippen LogP contribution is -3.13. The first-order valence-electron chi connectivity index (χ1n) is 6.55. The maximum absolute atomic E-state index is 5.35. The van der Waals surface area contributed by atoms with Gasteiger partial charge in [-0.25, -0.2) is 0 Å². The molecule has 0 bridgehead atoms. The van der Waals surface area contributed by atoms with Gasteiger partial charge in [0.1, 0.15) is 12.9 Å². The van der Waals surface area contributed by atoms with E-state index in [9.17, 15) is 0 Å². The standard InChI is InChI=1S/C14H20N4S/c1-12(2)17(9-13-7-5-4-6-8-13)11-18-14(19)16(3)10-15-18/h4-8,10,12H,9,11H2,1-3H3/p+1. The van der Waals surface area contributed by atoms with E-state index >= 15 is 0 Å². The summed E-state index contributed by atoms with van der Waals surface area (Å²) >= 11 is 5.35. The van der Waals surface area contributed by atoms with Crippen LogP contribution in [0.2, 0.25) is 0 Å². The Balaban J connectivity index is 2.13. The summed E-state index contributed by atoms with van der Waals surface area (Å²) in [6, 6.07) is 11.1. The predicted molar refractivity (Wildman–Crippen MR) is 78.3 cm³/mol. The molecule has 2 rings (SSSR count). The monoisotopic (exact) mass is 277 g/mol. The highest BCUT2D eigenvalue weighted by Crippen LogP contribution is 1.96. The van der Waals surface area contributed by atoms with Crippen molar-refractivity contribution in [2.45, 2.75) is 33.1 Å². The fraction of sp³-hybridized carbons (Fsp3) is 0.429. The van der Waals surface area contributed by atoms with Gasteiger partial charge in [-0.15, -0.1) is 0 Å². The fourth-order valence-electron chi connectivity index (χ4n) is 2.02. The van der Waals surface area contributed by atoms with E-state index < -0.39 is 0 Å². The molecule has 1 atom stereocenters. The van der Waals surface area contributed by atoms with Crippen LogP contribution in [0.5, 0.6) is 0 Å². The zero-order valence-corrected chi connectivity index (χ0v) is 12.5. The first-order chi connectivity index (χ1) is 9.08. The number of aromatic nitrogens is 3. The summed E-state index contributed by atoms with van der Waals surface area (Å²) in [6.45, 7) is 6.23. The number of hydrogen-bond acceptors (Lipinski definition) is 2. The van der Waals surface area contributed by atoms with Crippen molar-refractivity contribution in [1.82, 2.24) is 14.3 Å². The van der Waals surface area contributed by atoms with Gasteiger partial charge < -0.3 is 9.47 Å². The molecule has 0 aliphatic rings. The zero-order valence-electron chi connectivity index (χ0n) is 11.7. The Hall–Kier alpha value is -1.46. The Morgan fingerprint density at radius 3 is 2.47 bits per heavy atom. The lowest BCUT2D eigenvalue weighted by molar-refractivity contribution is -0.957. The summed E-state index contributed by atoms with van der Waals surface area (Å²) in [6.07, 6.45) is 1.77. The largest absolute Gasteiger partial charge is 0.311 e. The van der Waals surface area contributed by atoms with Gasteiger partial charge >= 0.3 is 0 Å². The van der Waals surface area contributed by atoms with Gasteiger partial charge in [0.15, 0.2) is 6.67 Å². The molecule has 5 heteroatoms. The molecule has 1 N–H and O–H groups in total. The van der Waals surface area contributed by atoms with Crippen molar-refractivity contribution in [2.24, 2.45) is 7.05 Å². The minimum absolute atomic E-state index is 0.518. The third-order valence-corrected chi connectivity index (χ3v) is 3.83. The highest BCUT2D eigenvalue weighted by atomic mass is 32.1. The van der Waals surface area contributed by atoms with Crippen LogP contribution >= 0.6 is 12.2 Å². The van der Waals surface area contributed by atoms with Crippen molar-refractivity contribution in [1.29, 1.82) is 0 Å². The van der Waals surface area contributed by atoms with E-state index in [2.05, 4.69) is 43.2 Å². The Morgan fingerprint density at radius 2 is 1.95 bits per heavy atom. The van der Waals surface area contributed by atoms with Crippen LogP contribution in [0.25, 0.3) is 0 Å². The fourth-order valence-corrected chi connectivity index (χ4v) is 2.18. The number of nitrogens with zero attached hydrogens (tertiary/aromatic N) is 3. The maximum Gasteiger partial charge on any atom is 0.202 e. The van der Waals surface area contributed by atoms with Crippen LogP contribution in [0.1, 0.15) is 19.4 Å². The number of benzene rings is 1. The molecule has 0 radical (unpaired) electrons. The number of quaternary nitrogens is 1. The van der Waals surface area contributed by atoms with Crippen LogP contribution in [0.3, 0.4) is 0 Å². The molecular weight excluding hydrogens is 256 g/mol. The second-order valence-electron chi connectivity index (χ2n) is 5.16. The van der Waals surface area contributed by atoms with Crippen molar-refractivity contribution in [3.63, 3.8) is 0 Å². The van der Waals surface area contributed by atoms with Crippen molar-refractivity contribution in [3.8, 4) is 0 Å². The first kappa shape index (κ1) is 14.0. The van der Waals surface area contributed by atoms with E-state index in [1.807, 2.05) is 22.4 Å². The molecule has 0 aliphatic heterocycles. The molecule has 0 spiro atoms. The van der Waals surface area contributed by atoms with Gasteiger partial charge in [0.2, 0.25) is 4.77 Å². The third kappa shape index (κ3) is 3.52. The average molecular weight is 277 g/mol. The van der Waals surface area contributed by atoms with Crippen LogP contribution in [0.15, 0.2) is 36.7 Å². The quantitative estimate of drug-likeness (QED) is 0.837. The Morgan fingerprint density at radius 1 is 1.26 bits per heavy atom. The Bertz CT molecular complexity index is 571. The number of hydrogen-bond donors (Lipinski definition) is 1. The summed E-state index contributed by atoms with van der Waals surface area (Å²) in [5.74, 6) is 0. The van der Waals surface area contributed by atoms with Crippen molar-refractivity contribution < 1.29 is 4.90 Å². The minimum Gasteiger partial charge on any atom is -0.311 e. The molecule has 2 aromatic rings. The van der Waals surface area contributed by atoms with Crippen LogP contribution in [0.4, 0.5) is 0 Å². The van der Waals surface area contributed by atoms with Crippen LogP contribution in [-0.2, 0) is 20.3 Å². The summed E-state index contributed by atoms with van der Waals surface area (Å²) in [5.41, 5.74) is 1.34. The van der Waals surface area contributed by atoms with Gasteiger partial charge in [0.25, 0.3) is 0 Å². The normalized spacial score (nSPS) is 12.8. The third-order valence-electron chi connectivity index (χ3n) is 3.33. The van der Waals surface area contributed by atoms with Gasteiger partial charge in [-0.3, -0.25) is 0 Å². The smallest absolute Gasteiger partial charge is 0.202 e. The van der Waals surface area contributed by atoms with Gasteiger partial charge in [0.05, 0.1) is 6.04 Å². The maximum atomic E-state index is 5.35. The summed E-state index contributed by atoms with van der Waals surface area (Å²) in [4.78, 5) is 1.45. The SMILES string of the molecule is CC(C)[NH+](Cc1ccccc1)Cn1ncn(C)c1=S. The average Bonchev–Trinajstić information content (AvgIpc) is 2.71. The molecule has 0 saturated heterocycles. The molecule has 0 aliphatic carbocycles. The van der Waals surface area contributed by atoms with E-state index in [1.165, 1.54) is 10.5 Å². The van der Waals surface area contributed by atoms with E-state index in [-0.39, 0.29) is 0 Å². The molecule has 1 aromatic carbocycles. The Labute approximate surface area is 119 Å². The zero-order chi connectivity index (χ0) is 13.8. The second kappa shape index (κ2) is 6.12. The topological polar surface area (TPSA) is 27.2 Å². The molecule has 0 fully saturated rings. The predicted octanol–water partition coefficient (Wildman–Crippen LogP) is 1.40. The van der Waals surface area contributed by atoms with E-state index in [0.717, 1.165) is 18.0 Å². The number of nitrogens with one attached hydrogen (secondary N) is 1. The lowest BCUT2D eigenvalue weighted by Gasteiger charge is -2.23. The van der Waals surface area contributed by atoms with E-state index in [4.69, 9.17) is 12.2 Å². The summed E-state index contributed by atoms with van der Waals surface area (Å²) < 4.78 is 4.54. The molecule has 19 heavy (non-hydrogen) atoms. The molecular formula is C14H21N4S+. The van der Waals surface area contributed by atoms with Crippen molar-refractivity contribution in [3.05, 3.63) is 47.0 Å².